The summed E-state index contributed by atoms with van der Waals surface area (Å²) in [4.78, 5) is 25.0. The molecule has 0 bridgehead atoms. The number of amides is 1. The molecule has 1 atom stereocenters. The maximum absolute atomic E-state index is 12.2. The van der Waals surface area contributed by atoms with E-state index < -0.39 is 17.1 Å². The molecule has 0 radical (unpaired) electrons. The lowest BCUT2D eigenvalue weighted by Crippen LogP contribution is -2.45. The number of hydrogen-bond donors (Lipinski definition) is 1. The molecular weight excluding hydrogens is 238 g/mol. The molecule has 1 amide bonds. The molecule has 7 nitrogen and oxygen atoms in total. The van der Waals surface area contributed by atoms with Gasteiger partial charge in [0, 0.05) is 20.2 Å². The molecule has 1 aliphatic rings. The van der Waals surface area contributed by atoms with Gasteiger partial charge >= 0.3 is 0 Å². The van der Waals surface area contributed by atoms with Crippen LogP contribution in [0.3, 0.4) is 0 Å². The van der Waals surface area contributed by atoms with E-state index in [0.29, 0.717) is 19.6 Å². The Morgan fingerprint density at radius 2 is 2.22 bits per heavy atom. The standard InChI is InChI=1S/C11H15N3O4/c1-7(18-2)6-13-3-4-14-9(11(13)17)10(16)8(15)5-12-14/h5,7,16H,3-4,6H2,1-2H3. The third kappa shape index (κ3) is 2.08. The summed E-state index contributed by atoms with van der Waals surface area (Å²) in [7, 11) is 1.57. The number of carbonyl (C=O) groups excluding carboxylic acids is 1. The van der Waals surface area contributed by atoms with Crippen molar-refractivity contribution in [1.29, 1.82) is 0 Å². The number of ether oxygens (including phenoxy) is 1. The van der Waals surface area contributed by atoms with Crippen LogP contribution < -0.4 is 5.43 Å². The predicted molar refractivity (Wildman–Crippen MR) is 62.5 cm³/mol. The van der Waals surface area contributed by atoms with Gasteiger partial charge in [-0.3, -0.25) is 14.3 Å². The molecule has 0 fully saturated rings. The van der Waals surface area contributed by atoms with Crippen molar-refractivity contribution in [1.82, 2.24) is 14.7 Å². The van der Waals surface area contributed by atoms with Crippen LogP contribution in [-0.2, 0) is 11.3 Å². The summed E-state index contributed by atoms with van der Waals surface area (Å²) in [6.07, 6.45) is 0.908. The van der Waals surface area contributed by atoms with Gasteiger partial charge in [0.25, 0.3) is 5.91 Å². The van der Waals surface area contributed by atoms with E-state index in [2.05, 4.69) is 5.10 Å². The van der Waals surface area contributed by atoms with Gasteiger partial charge in [-0.2, -0.15) is 5.10 Å². The Balaban J connectivity index is 2.33. The normalized spacial score (nSPS) is 16.6. The molecular formula is C11H15N3O4. The Bertz CT molecular complexity index is 526. The first kappa shape index (κ1) is 12.6. The topological polar surface area (TPSA) is 84.7 Å². The van der Waals surface area contributed by atoms with Gasteiger partial charge in [0.2, 0.25) is 5.43 Å². The number of rotatable bonds is 3. The van der Waals surface area contributed by atoms with Gasteiger partial charge < -0.3 is 14.7 Å². The molecule has 2 heterocycles. The lowest BCUT2D eigenvalue weighted by molar-refractivity contribution is 0.0470. The average molecular weight is 253 g/mol. The third-order valence-corrected chi connectivity index (χ3v) is 2.98. The van der Waals surface area contributed by atoms with E-state index in [9.17, 15) is 14.7 Å². The first-order chi connectivity index (χ1) is 8.54. The average Bonchev–Trinajstić information content (AvgIpc) is 2.36. The first-order valence-electron chi connectivity index (χ1n) is 5.65. The molecule has 0 spiro atoms. The van der Waals surface area contributed by atoms with E-state index in [1.165, 1.54) is 4.68 Å². The predicted octanol–water partition coefficient (Wildman–Crippen LogP) is -0.560. The smallest absolute Gasteiger partial charge is 0.276 e. The van der Waals surface area contributed by atoms with Gasteiger partial charge in [-0.25, -0.2) is 0 Å². The number of carbonyl (C=O) groups is 1. The van der Waals surface area contributed by atoms with E-state index in [1.807, 2.05) is 6.92 Å². The van der Waals surface area contributed by atoms with Crippen LogP contribution in [0.2, 0.25) is 0 Å². The van der Waals surface area contributed by atoms with Gasteiger partial charge in [0.05, 0.1) is 18.8 Å². The van der Waals surface area contributed by atoms with E-state index in [4.69, 9.17) is 4.74 Å². The number of methoxy groups -OCH3 is 1. The van der Waals surface area contributed by atoms with Gasteiger partial charge in [-0.1, -0.05) is 0 Å². The number of nitrogens with zero attached hydrogens (tertiary/aromatic N) is 3. The highest BCUT2D eigenvalue weighted by Gasteiger charge is 2.29. The molecule has 1 aromatic rings. The van der Waals surface area contributed by atoms with Crippen LogP contribution in [0.1, 0.15) is 17.4 Å². The molecule has 0 aliphatic carbocycles. The Hall–Kier alpha value is -1.89. The molecule has 1 N–H and O–H groups in total. The van der Waals surface area contributed by atoms with Gasteiger partial charge in [0.15, 0.2) is 11.4 Å². The summed E-state index contributed by atoms with van der Waals surface area (Å²) in [6, 6.07) is 0. The second-order valence-corrected chi connectivity index (χ2v) is 4.23. The zero-order chi connectivity index (χ0) is 13.3. The molecule has 7 heteroatoms. The molecule has 1 aromatic heterocycles. The van der Waals surface area contributed by atoms with Crippen LogP contribution >= 0.6 is 0 Å². The van der Waals surface area contributed by atoms with Crippen LogP contribution in [-0.4, -0.2) is 52.0 Å². The van der Waals surface area contributed by atoms with Crippen molar-refractivity contribution in [3.63, 3.8) is 0 Å². The summed E-state index contributed by atoms with van der Waals surface area (Å²) in [6.45, 7) is 3.19. The van der Waals surface area contributed by atoms with Crippen LogP contribution in [0.4, 0.5) is 0 Å². The van der Waals surface area contributed by atoms with Crippen LogP contribution in [0.15, 0.2) is 11.0 Å². The highest BCUT2D eigenvalue weighted by atomic mass is 16.5. The van der Waals surface area contributed by atoms with Gasteiger partial charge in [-0.05, 0) is 6.92 Å². The molecule has 0 saturated carbocycles. The fourth-order valence-electron chi connectivity index (χ4n) is 1.89. The molecule has 1 unspecified atom stereocenters. The molecule has 2 rings (SSSR count). The second kappa shape index (κ2) is 4.77. The third-order valence-electron chi connectivity index (χ3n) is 2.98. The fraction of sp³-hybridized carbons (Fsp3) is 0.545. The minimum atomic E-state index is -0.642. The van der Waals surface area contributed by atoms with E-state index in [0.717, 1.165) is 6.20 Å². The number of fused-ring (bicyclic) bond motifs is 1. The van der Waals surface area contributed by atoms with Crippen molar-refractivity contribution >= 4 is 5.91 Å². The summed E-state index contributed by atoms with van der Waals surface area (Å²) < 4.78 is 6.46. The SMILES string of the molecule is COC(C)CN1CCn2ncc(=O)c(O)c2C1=O. The zero-order valence-corrected chi connectivity index (χ0v) is 10.3. The minimum Gasteiger partial charge on any atom is -0.502 e. The maximum atomic E-state index is 12.2. The van der Waals surface area contributed by atoms with Crippen LogP contribution in [0.5, 0.6) is 5.75 Å². The number of hydrogen-bond acceptors (Lipinski definition) is 5. The van der Waals surface area contributed by atoms with Crippen molar-refractivity contribution in [3.05, 3.63) is 22.1 Å². The summed E-state index contributed by atoms with van der Waals surface area (Å²) in [5, 5.41) is 13.5. The summed E-state index contributed by atoms with van der Waals surface area (Å²) in [5.74, 6) is -0.933. The molecule has 0 aromatic carbocycles. The van der Waals surface area contributed by atoms with Crippen LogP contribution in [0.25, 0.3) is 0 Å². The van der Waals surface area contributed by atoms with Crippen molar-refractivity contribution in [3.8, 4) is 5.75 Å². The fourth-order valence-corrected chi connectivity index (χ4v) is 1.89. The Labute approximate surface area is 104 Å². The van der Waals surface area contributed by atoms with Crippen molar-refractivity contribution < 1.29 is 14.6 Å². The largest absolute Gasteiger partial charge is 0.502 e. The summed E-state index contributed by atoms with van der Waals surface area (Å²) >= 11 is 0. The summed E-state index contributed by atoms with van der Waals surface area (Å²) in [5.41, 5.74) is -0.687. The number of aromatic hydroxyl groups is 1. The molecule has 1 aliphatic heterocycles. The van der Waals surface area contributed by atoms with Crippen molar-refractivity contribution in [2.45, 2.75) is 19.6 Å². The lowest BCUT2D eigenvalue weighted by atomic mass is 10.2. The second-order valence-electron chi connectivity index (χ2n) is 4.23. The van der Waals surface area contributed by atoms with E-state index >= 15 is 0 Å². The lowest BCUT2D eigenvalue weighted by Gasteiger charge is -2.30. The number of aromatic nitrogens is 2. The van der Waals surface area contributed by atoms with E-state index in [1.54, 1.807) is 12.0 Å². The van der Waals surface area contributed by atoms with E-state index in [-0.39, 0.29) is 11.8 Å². The highest BCUT2D eigenvalue weighted by molar-refractivity contribution is 5.95. The highest BCUT2D eigenvalue weighted by Crippen LogP contribution is 2.17. The molecule has 0 saturated heterocycles. The molecule has 18 heavy (non-hydrogen) atoms. The minimum absolute atomic E-state index is 0.0444. The first-order valence-corrected chi connectivity index (χ1v) is 5.65. The quantitative estimate of drug-likeness (QED) is 0.780. The Kier molecular flexibility index (Phi) is 3.33. The van der Waals surface area contributed by atoms with Gasteiger partial charge in [-0.15, -0.1) is 0 Å². The van der Waals surface area contributed by atoms with Crippen molar-refractivity contribution in [2.75, 3.05) is 20.2 Å². The van der Waals surface area contributed by atoms with Crippen LogP contribution in [0, 0.1) is 0 Å². The Morgan fingerprint density at radius 3 is 2.89 bits per heavy atom. The molecule has 98 valence electrons. The monoisotopic (exact) mass is 253 g/mol. The van der Waals surface area contributed by atoms with Gasteiger partial charge in [0.1, 0.15) is 0 Å². The maximum Gasteiger partial charge on any atom is 0.276 e. The zero-order valence-electron chi connectivity index (χ0n) is 10.3. The van der Waals surface area contributed by atoms with Crippen molar-refractivity contribution in [2.24, 2.45) is 0 Å². The Morgan fingerprint density at radius 1 is 1.50 bits per heavy atom.